The number of hydrogen-bond donors (Lipinski definition) is 1. The second-order valence-corrected chi connectivity index (χ2v) is 6.85. The average Bonchev–Trinajstić information content (AvgIpc) is 3.17. The molecule has 0 spiro atoms. The van der Waals surface area contributed by atoms with Gasteiger partial charge in [0, 0.05) is 18.2 Å². The molecule has 2 aliphatic carbocycles. The molecule has 1 aromatic carbocycles. The zero-order chi connectivity index (χ0) is 17.4. The summed E-state index contributed by atoms with van der Waals surface area (Å²) in [6, 6.07) is 2.97. The average molecular weight is 333 g/mol. The van der Waals surface area contributed by atoms with E-state index >= 15 is 0 Å². The van der Waals surface area contributed by atoms with Crippen LogP contribution in [0.15, 0.2) is 18.2 Å². The molecule has 0 aliphatic heterocycles. The number of nitrogens with one attached hydrogen (secondary N) is 1. The van der Waals surface area contributed by atoms with Gasteiger partial charge in [0.25, 0.3) is 17.3 Å². The topological polar surface area (TPSA) is 115 Å². The fourth-order valence-corrected chi connectivity index (χ4v) is 4.24. The highest BCUT2D eigenvalue weighted by Gasteiger charge is 2.42. The molecule has 2 bridgehead atoms. The van der Waals surface area contributed by atoms with E-state index in [9.17, 15) is 25.0 Å². The standard InChI is InChI=1S/C16H19N3O5/c1-9(15-5-10-2-3-11(15)4-10)17-16(20)12-6-13(18(21)22)8-14(7-12)19(23)24/h6-11,15H,2-5H2,1H3,(H,17,20)/t9-,10+,11-,15+/m0/s1. The van der Waals surface area contributed by atoms with Crippen LogP contribution in [0.3, 0.4) is 0 Å². The zero-order valence-electron chi connectivity index (χ0n) is 13.3. The third-order valence-corrected chi connectivity index (χ3v) is 5.38. The summed E-state index contributed by atoms with van der Waals surface area (Å²) >= 11 is 0. The molecular formula is C16H19N3O5. The number of nitro benzene ring substituents is 2. The minimum atomic E-state index is -0.733. The lowest BCUT2D eigenvalue weighted by Gasteiger charge is -2.28. The van der Waals surface area contributed by atoms with Crippen molar-refractivity contribution in [1.82, 2.24) is 5.32 Å². The molecule has 8 nitrogen and oxygen atoms in total. The number of nitrogens with zero attached hydrogens (tertiary/aromatic N) is 2. The molecule has 1 aromatic rings. The van der Waals surface area contributed by atoms with E-state index in [-0.39, 0.29) is 11.6 Å². The Labute approximate surface area is 138 Å². The number of fused-ring (bicyclic) bond motifs is 2. The molecular weight excluding hydrogens is 314 g/mol. The fraction of sp³-hybridized carbons (Fsp3) is 0.562. The Morgan fingerprint density at radius 3 is 2.21 bits per heavy atom. The van der Waals surface area contributed by atoms with Gasteiger partial charge in [0.15, 0.2) is 0 Å². The van der Waals surface area contributed by atoms with Gasteiger partial charge in [-0.2, -0.15) is 0 Å². The maximum Gasteiger partial charge on any atom is 0.277 e. The van der Waals surface area contributed by atoms with Crippen LogP contribution in [-0.4, -0.2) is 21.8 Å². The Morgan fingerprint density at radius 2 is 1.75 bits per heavy atom. The fourth-order valence-electron chi connectivity index (χ4n) is 4.24. The van der Waals surface area contributed by atoms with E-state index in [0.29, 0.717) is 11.8 Å². The van der Waals surface area contributed by atoms with Gasteiger partial charge in [-0.05, 0) is 43.9 Å². The molecule has 1 amide bonds. The number of carbonyl (C=O) groups is 1. The van der Waals surface area contributed by atoms with Crippen molar-refractivity contribution in [2.24, 2.45) is 17.8 Å². The first-order chi connectivity index (χ1) is 11.3. The Morgan fingerprint density at radius 1 is 1.12 bits per heavy atom. The highest BCUT2D eigenvalue weighted by atomic mass is 16.6. The maximum atomic E-state index is 12.4. The van der Waals surface area contributed by atoms with Gasteiger partial charge in [0.2, 0.25) is 0 Å². The Hall–Kier alpha value is -2.51. The molecule has 1 N–H and O–H groups in total. The van der Waals surface area contributed by atoms with Crippen LogP contribution in [0.2, 0.25) is 0 Å². The van der Waals surface area contributed by atoms with Gasteiger partial charge in [-0.15, -0.1) is 0 Å². The van der Waals surface area contributed by atoms with E-state index in [0.717, 1.165) is 30.5 Å². The van der Waals surface area contributed by atoms with Crippen LogP contribution >= 0.6 is 0 Å². The molecule has 0 heterocycles. The van der Waals surface area contributed by atoms with Crippen molar-refractivity contribution in [2.45, 2.75) is 38.6 Å². The summed E-state index contributed by atoms with van der Waals surface area (Å²) in [5.74, 6) is 1.29. The lowest BCUT2D eigenvalue weighted by atomic mass is 9.84. The first-order valence-electron chi connectivity index (χ1n) is 8.10. The number of benzene rings is 1. The van der Waals surface area contributed by atoms with Crippen molar-refractivity contribution in [3.63, 3.8) is 0 Å². The molecule has 0 unspecified atom stereocenters. The number of rotatable bonds is 5. The Balaban J connectivity index is 1.76. The largest absolute Gasteiger partial charge is 0.349 e. The Bertz CT molecular complexity index is 673. The minimum Gasteiger partial charge on any atom is -0.349 e. The van der Waals surface area contributed by atoms with Crippen molar-refractivity contribution in [1.29, 1.82) is 0 Å². The maximum absolute atomic E-state index is 12.4. The number of carbonyl (C=O) groups excluding carboxylic acids is 1. The van der Waals surface area contributed by atoms with E-state index in [2.05, 4.69) is 5.32 Å². The van der Waals surface area contributed by atoms with Gasteiger partial charge >= 0.3 is 0 Å². The van der Waals surface area contributed by atoms with Crippen LogP contribution in [0.25, 0.3) is 0 Å². The second kappa shape index (κ2) is 6.18. The monoisotopic (exact) mass is 333 g/mol. The quantitative estimate of drug-likeness (QED) is 0.656. The third kappa shape index (κ3) is 3.08. The highest BCUT2D eigenvalue weighted by molar-refractivity contribution is 5.95. The first-order valence-corrected chi connectivity index (χ1v) is 8.10. The smallest absolute Gasteiger partial charge is 0.277 e. The van der Waals surface area contributed by atoms with Crippen molar-refractivity contribution in [2.75, 3.05) is 0 Å². The van der Waals surface area contributed by atoms with E-state index in [1.54, 1.807) is 0 Å². The van der Waals surface area contributed by atoms with Crippen LogP contribution < -0.4 is 5.32 Å². The summed E-state index contributed by atoms with van der Waals surface area (Å²) in [5.41, 5.74) is -0.963. The molecule has 0 saturated heterocycles. The van der Waals surface area contributed by atoms with Gasteiger partial charge in [0.05, 0.1) is 21.5 Å². The lowest BCUT2D eigenvalue weighted by molar-refractivity contribution is -0.394. The first kappa shape index (κ1) is 16.4. The molecule has 128 valence electrons. The number of nitro groups is 2. The molecule has 4 atom stereocenters. The third-order valence-electron chi connectivity index (χ3n) is 5.38. The summed E-state index contributed by atoms with van der Waals surface area (Å²) in [5, 5.41) is 24.7. The van der Waals surface area contributed by atoms with Gasteiger partial charge < -0.3 is 5.32 Å². The van der Waals surface area contributed by atoms with Crippen molar-refractivity contribution in [3.05, 3.63) is 44.0 Å². The van der Waals surface area contributed by atoms with E-state index in [1.807, 2.05) is 6.92 Å². The van der Waals surface area contributed by atoms with E-state index in [1.165, 1.54) is 19.3 Å². The van der Waals surface area contributed by atoms with Gasteiger partial charge in [-0.1, -0.05) is 6.42 Å². The molecule has 2 saturated carbocycles. The van der Waals surface area contributed by atoms with Crippen LogP contribution in [0.4, 0.5) is 11.4 Å². The van der Waals surface area contributed by atoms with Gasteiger partial charge in [0.1, 0.15) is 0 Å². The summed E-state index contributed by atoms with van der Waals surface area (Å²) in [6.45, 7) is 1.94. The zero-order valence-corrected chi connectivity index (χ0v) is 13.3. The SMILES string of the molecule is C[C@H](NC(=O)c1cc([N+](=O)[O-])cc([N+](=O)[O-])c1)[C@H]1C[C@@H]2CC[C@H]1C2. The normalized spacial score (nSPS) is 26.1. The molecule has 2 fully saturated rings. The molecule has 3 rings (SSSR count). The second-order valence-electron chi connectivity index (χ2n) is 6.85. The summed E-state index contributed by atoms with van der Waals surface area (Å²) in [7, 11) is 0. The highest BCUT2D eigenvalue weighted by Crippen LogP contribution is 2.49. The van der Waals surface area contributed by atoms with Crippen LogP contribution in [0.5, 0.6) is 0 Å². The molecule has 0 aromatic heterocycles. The lowest BCUT2D eigenvalue weighted by Crippen LogP contribution is -2.40. The van der Waals surface area contributed by atoms with Gasteiger partial charge in [-0.25, -0.2) is 0 Å². The Kier molecular flexibility index (Phi) is 4.21. The van der Waals surface area contributed by atoms with E-state index < -0.39 is 27.1 Å². The summed E-state index contributed by atoms with van der Waals surface area (Å²) in [4.78, 5) is 32.8. The molecule has 2 aliphatic rings. The van der Waals surface area contributed by atoms with Crippen LogP contribution in [0, 0.1) is 38.0 Å². The number of amides is 1. The van der Waals surface area contributed by atoms with E-state index in [4.69, 9.17) is 0 Å². The molecule has 0 radical (unpaired) electrons. The summed E-state index contributed by atoms with van der Waals surface area (Å²) in [6.07, 6.45) is 4.77. The van der Waals surface area contributed by atoms with Gasteiger partial charge in [-0.3, -0.25) is 25.0 Å². The minimum absolute atomic E-state index is 0.0499. The van der Waals surface area contributed by atoms with Crippen molar-refractivity contribution < 1.29 is 14.6 Å². The van der Waals surface area contributed by atoms with Crippen LogP contribution in [0.1, 0.15) is 43.0 Å². The predicted octanol–water partition coefficient (Wildman–Crippen LogP) is 3.06. The van der Waals surface area contributed by atoms with Crippen LogP contribution in [-0.2, 0) is 0 Å². The summed E-state index contributed by atoms with van der Waals surface area (Å²) < 4.78 is 0. The number of non-ortho nitro benzene ring substituents is 2. The van der Waals surface area contributed by atoms with Crippen molar-refractivity contribution >= 4 is 17.3 Å². The number of hydrogen-bond acceptors (Lipinski definition) is 5. The molecule has 24 heavy (non-hydrogen) atoms. The van der Waals surface area contributed by atoms with Crippen molar-refractivity contribution in [3.8, 4) is 0 Å². The molecule has 8 heteroatoms. The predicted molar refractivity (Wildman–Crippen MR) is 85.6 cm³/mol.